The smallest absolute Gasteiger partial charge is 0.0366 e. The molecule has 0 saturated heterocycles. The summed E-state index contributed by atoms with van der Waals surface area (Å²) in [7, 11) is 2.16. The Morgan fingerprint density at radius 1 is 1.41 bits per heavy atom. The predicted octanol–water partition coefficient (Wildman–Crippen LogP) is 2.82. The first-order valence-electron chi connectivity index (χ1n) is 6.68. The number of anilines is 1. The number of nitrogens with one attached hydrogen (secondary N) is 1. The van der Waals surface area contributed by atoms with Crippen LogP contribution in [0.15, 0.2) is 24.3 Å². The fourth-order valence-electron chi connectivity index (χ4n) is 2.22. The first-order chi connectivity index (χ1) is 8.16. The number of rotatable bonds is 6. The minimum atomic E-state index is 0.695. The topological polar surface area (TPSA) is 15.3 Å². The van der Waals surface area contributed by atoms with Crippen LogP contribution in [0.25, 0.3) is 0 Å². The summed E-state index contributed by atoms with van der Waals surface area (Å²) < 4.78 is 0. The van der Waals surface area contributed by atoms with E-state index in [1.54, 1.807) is 0 Å². The largest absolute Gasteiger partial charge is 0.373 e. The van der Waals surface area contributed by atoms with Crippen molar-refractivity contribution in [1.82, 2.24) is 5.32 Å². The van der Waals surface area contributed by atoms with Crippen LogP contribution in [0.4, 0.5) is 5.69 Å². The first kappa shape index (κ1) is 12.4. The van der Waals surface area contributed by atoms with Crippen molar-refractivity contribution in [2.45, 2.75) is 32.7 Å². The summed E-state index contributed by atoms with van der Waals surface area (Å²) in [4.78, 5) is 2.32. The zero-order chi connectivity index (χ0) is 12.3. The SMILES string of the molecule is Cc1cccc(N(C)CCNC(C)C2CC2)c1. The van der Waals surface area contributed by atoms with Crippen LogP contribution in [0, 0.1) is 12.8 Å². The molecule has 1 saturated carbocycles. The Kier molecular flexibility index (Phi) is 4.06. The molecular formula is C15H24N2. The van der Waals surface area contributed by atoms with E-state index in [4.69, 9.17) is 0 Å². The van der Waals surface area contributed by atoms with Gasteiger partial charge in [0, 0.05) is 31.9 Å². The van der Waals surface area contributed by atoms with Crippen molar-refractivity contribution in [3.63, 3.8) is 0 Å². The Bertz CT molecular complexity index is 358. The molecular weight excluding hydrogens is 208 g/mol. The Morgan fingerprint density at radius 3 is 2.82 bits per heavy atom. The molecule has 1 aliphatic carbocycles. The van der Waals surface area contributed by atoms with Crippen LogP contribution in [0.2, 0.25) is 0 Å². The van der Waals surface area contributed by atoms with E-state index in [0.29, 0.717) is 6.04 Å². The molecule has 1 unspecified atom stereocenters. The van der Waals surface area contributed by atoms with Crippen LogP contribution in [0.3, 0.4) is 0 Å². The second kappa shape index (κ2) is 5.54. The van der Waals surface area contributed by atoms with Crippen LogP contribution < -0.4 is 10.2 Å². The summed E-state index contributed by atoms with van der Waals surface area (Å²) in [6.45, 7) is 6.59. The summed E-state index contributed by atoms with van der Waals surface area (Å²) >= 11 is 0. The Morgan fingerprint density at radius 2 is 2.18 bits per heavy atom. The zero-order valence-corrected chi connectivity index (χ0v) is 11.2. The number of benzene rings is 1. The highest BCUT2D eigenvalue weighted by Gasteiger charge is 2.27. The minimum absolute atomic E-state index is 0.695. The van der Waals surface area contributed by atoms with Crippen molar-refractivity contribution in [3.05, 3.63) is 29.8 Å². The third-order valence-corrected chi connectivity index (χ3v) is 3.69. The lowest BCUT2D eigenvalue weighted by Crippen LogP contribution is -2.35. The molecule has 0 amide bonds. The van der Waals surface area contributed by atoms with Gasteiger partial charge in [0.05, 0.1) is 0 Å². The predicted molar refractivity (Wildman–Crippen MR) is 74.6 cm³/mol. The molecule has 0 bridgehead atoms. The van der Waals surface area contributed by atoms with Crippen molar-refractivity contribution in [2.75, 3.05) is 25.0 Å². The summed E-state index contributed by atoms with van der Waals surface area (Å²) in [6, 6.07) is 9.38. The number of likely N-dealkylation sites (N-methyl/N-ethyl adjacent to an activating group) is 1. The molecule has 1 aromatic rings. The fraction of sp³-hybridized carbons (Fsp3) is 0.600. The fourth-order valence-corrected chi connectivity index (χ4v) is 2.22. The van der Waals surface area contributed by atoms with Crippen LogP contribution in [-0.4, -0.2) is 26.2 Å². The second-order valence-corrected chi connectivity index (χ2v) is 5.34. The van der Waals surface area contributed by atoms with E-state index in [2.05, 4.69) is 55.4 Å². The molecule has 1 atom stereocenters. The Hall–Kier alpha value is -1.02. The van der Waals surface area contributed by atoms with Crippen molar-refractivity contribution >= 4 is 5.69 Å². The molecule has 0 aliphatic heterocycles. The van der Waals surface area contributed by atoms with Gasteiger partial charge in [0.15, 0.2) is 0 Å². The van der Waals surface area contributed by atoms with Crippen molar-refractivity contribution < 1.29 is 0 Å². The number of aryl methyl sites for hydroxylation is 1. The zero-order valence-electron chi connectivity index (χ0n) is 11.2. The van der Waals surface area contributed by atoms with Crippen LogP contribution >= 0.6 is 0 Å². The van der Waals surface area contributed by atoms with Gasteiger partial charge in [-0.1, -0.05) is 12.1 Å². The van der Waals surface area contributed by atoms with Gasteiger partial charge in [0.25, 0.3) is 0 Å². The molecule has 2 rings (SSSR count). The third kappa shape index (κ3) is 3.74. The lowest BCUT2D eigenvalue weighted by Gasteiger charge is -2.21. The van der Waals surface area contributed by atoms with Gasteiger partial charge >= 0.3 is 0 Å². The van der Waals surface area contributed by atoms with Gasteiger partial charge in [-0.3, -0.25) is 0 Å². The normalized spacial score (nSPS) is 16.9. The average Bonchev–Trinajstić information content (AvgIpc) is 3.12. The molecule has 2 heteroatoms. The summed E-state index contributed by atoms with van der Waals surface area (Å²) in [5, 5.41) is 3.62. The molecule has 17 heavy (non-hydrogen) atoms. The minimum Gasteiger partial charge on any atom is -0.373 e. The molecule has 2 nitrogen and oxygen atoms in total. The highest BCUT2D eigenvalue weighted by atomic mass is 15.1. The van der Waals surface area contributed by atoms with E-state index in [-0.39, 0.29) is 0 Å². The van der Waals surface area contributed by atoms with E-state index >= 15 is 0 Å². The molecule has 0 spiro atoms. The number of hydrogen-bond donors (Lipinski definition) is 1. The quantitative estimate of drug-likeness (QED) is 0.811. The van der Waals surface area contributed by atoms with Gasteiger partial charge in [-0.25, -0.2) is 0 Å². The highest BCUT2D eigenvalue weighted by Crippen LogP contribution is 2.32. The van der Waals surface area contributed by atoms with E-state index in [0.717, 1.165) is 19.0 Å². The molecule has 1 aromatic carbocycles. The Balaban J connectivity index is 1.74. The van der Waals surface area contributed by atoms with E-state index in [1.807, 2.05) is 0 Å². The maximum Gasteiger partial charge on any atom is 0.0366 e. The van der Waals surface area contributed by atoms with E-state index in [9.17, 15) is 0 Å². The van der Waals surface area contributed by atoms with E-state index in [1.165, 1.54) is 24.1 Å². The maximum atomic E-state index is 3.62. The van der Waals surface area contributed by atoms with Crippen molar-refractivity contribution in [1.29, 1.82) is 0 Å². The van der Waals surface area contributed by atoms with Crippen molar-refractivity contribution in [2.24, 2.45) is 5.92 Å². The van der Waals surface area contributed by atoms with Crippen LogP contribution in [0.5, 0.6) is 0 Å². The lowest BCUT2D eigenvalue weighted by atomic mass is 10.2. The number of hydrogen-bond acceptors (Lipinski definition) is 2. The monoisotopic (exact) mass is 232 g/mol. The summed E-state index contributed by atoms with van der Waals surface area (Å²) in [5.74, 6) is 0.944. The number of nitrogens with zero attached hydrogens (tertiary/aromatic N) is 1. The van der Waals surface area contributed by atoms with Crippen LogP contribution in [-0.2, 0) is 0 Å². The molecule has 0 aromatic heterocycles. The Labute approximate surface area is 105 Å². The van der Waals surface area contributed by atoms with Gasteiger partial charge in [-0.15, -0.1) is 0 Å². The van der Waals surface area contributed by atoms with Gasteiger partial charge in [0.1, 0.15) is 0 Å². The van der Waals surface area contributed by atoms with Gasteiger partial charge in [-0.05, 0) is 50.3 Å². The summed E-state index contributed by atoms with van der Waals surface area (Å²) in [5.41, 5.74) is 2.64. The molecule has 0 radical (unpaired) electrons. The maximum absolute atomic E-state index is 3.62. The molecule has 1 fully saturated rings. The lowest BCUT2D eigenvalue weighted by molar-refractivity contribution is 0.501. The van der Waals surface area contributed by atoms with Gasteiger partial charge < -0.3 is 10.2 Å². The first-order valence-corrected chi connectivity index (χ1v) is 6.68. The second-order valence-electron chi connectivity index (χ2n) is 5.34. The van der Waals surface area contributed by atoms with Gasteiger partial charge in [-0.2, -0.15) is 0 Å². The summed E-state index contributed by atoms with van der Waals surface area (Å²) in [6.07, 6.45) is 2.84. The molecule has 1 aliphatic rings. The van der Waals surface area contributed by atoms with Crippen LogP contribution in [0.1, 0.15) is 25.3 Å². The van der Waals surface area contributed by atoms with E-state index < -0.39 is 0 Å². The highest BCUT2D eigenvalue weighted by molar-refractivity contribution is 5.47. The van der Waals surface area contributed by atoms with Crippen molar-refractivity contribution in [3.8, 4) is 0 Å². The third-order valence-electron chi connectivity index (χ3n) is 3.69. The van der Waals surface area contributed by atoms with Gasteiger partial charge in [0.2, 0.25) is 0 Å². The average molecular weight is 232 g/mol. The standard InChI is InChI=1S/C15H24N2/c1-12-5-4-6-15(11-12)17(3)10-9-16-13(2)14-7-8-14/h4-6,11,13-14,16H,7-10H2,1-3H3. The molecule has 1 N–H and O–H groups in total. The molecule has 94 valence electrons. The molecule has 0 heterocycles.